The molecule has 0 bridgehead atoms. The summed E-state index contributed by atoms with van der Waals surface area (Å²) in [6.07, 6.45) is 0. The van der Waals surface area contributed by atoms with Crippen LogP contribution in [0, 0.1) is 0 Å². The highest BCUT2D eigenvalue weighted by Crippen LogP contribution is 2.22. The average molecular weight is 306 g/mol. The topological polar surface area (TPSA) is 37.3 Å². The molecule has 0 radical (unpaired) electrons. The number of carbonyl (C=O) groups is 1. The molecular weight excluding hydrogens is 299 g/mol. The Hall–Kier alpha value is -0.490. The number of benzene rings is 1. The van der Waals surface area contributed by atoms with Gasteiger partial charge in [-0.05, 0) is 40.1 Å². The lowest BCUT2D eigenvalue weighted by Gasteiger charge is -1.94. The fourth-order valence-corrected chi connectivity index (χ4v) is 1.71. The Morgan fingerprint density at radius 1 is 1.38 bits per heavy atom. The number of hydrogen-bond acceptors (Lipinski definition) is 2. The monoisotopic (exact) mass is 306 g/mol. The van der Waals surface area contributed by atoms with Crippen molar-refractivity contribution in [2.45, 2.75) is 4.90 Å². The van der Waals surface area contributed by atoms with Gasteiger partial charge in [0.2, 0.25) is 0 Å². The summed E-state index contributed by atoms with van der Waals surface area (Å²) in [5.74, 6) is -0.885. The molecule has 2 nitrogen and oxygen atoms in total. The molecule has 4 heteroatoms. The minimum atomic E-state index is -0.885. The standard InChI is InChI=1S/C9H7IO2S/c10-8(9(11)12)6-13-7-4-2-1-3-5-7/h1-6H,(H,11,12)/b8-6+. The molecular formula is C9H7IO2S. The van der Waals surface area contributed by atoms with Crippen LogP contribution < -0.4 is 0 Å². The highest BCUT2D eigenvalue weighted by atomic mass is 127. The van der Waals surface area contributed by atoms with Crippen molar-refractivity contribution < 1.29 is 9.90 Å². The first-order chi connectivity index (χ1) is 6.20. The van der Waals surface area contributed by atoms with Gasteiger partial charge in [-0.25, -0.2) is 4.79 Å². The summed E-state index contributed by atoms with van der Waals surface area (Å²) in [6.45, 7) is 0. The van der Waals surface area contributed by atoms with Crippen LogP contribution in [0.5, 0.6) is 0 Å². The van der Waals surface area contributed by atoms with Gasteiger partial charge < -0.3 is 5.11 Å². The number of thioether (sulfide) groups is 1. The third kappa shape index (κ3) is 3.82. The molecule has 0 saturated heterocycles. The molecule has 0 aliphatic carbocycles. The van der Waals surface area contributed by atoms with E-state index in [1.165, 1.54) is 11.8 Å². The zero-order valence-corrected chi connectivity index (χ0v) is 9.58. The Morgan fingerprint density at radius 2 is 2.00 bits per heavy atom. The maximum atomic E-state index is 10.4. The van der Waals surface area contributed by atoms with Crippen LogP contribution in [0.3, 0.4) is 0 Å². The quantitative estimate of drug-likeness (QED) is 0.529. The fourth-order valence-electron chi connectivity index (χ4n) is 0.669. The normalized spacial score (nSPS) is 11.3. The second-order valence-electron chi connectivity index (χ2n) is 2.20. The molecule has 0 amide bonds. The van der Waals surface area contributed by atoms with Crippen molar-refractivity contribution in [3.8, 4) is 0 Å². The van der Waals surface area contributed by atoms with Gasteiger partial charge >= 0.3 is 5.97 Å². The van der Waals surface area contributed by atoms with Gasteiger partial charge in [0.1, 0.15) is 3.58 Å². The molecule has 0 saturated carbocycles. The van der Waals surface area contributed by atoms with E-state index in [1.807, 2.05) is 30.3 Å². The minimum absolute atomic E-state index is 0.325. The van der Waals surface area contributed by atoms with E-state index in [9.17, 15) is 4.79 Å². The summed E-state index contributed by atoms with van der Waals surface area (Å²) in [4.78, 5) is 11.5. The molecule has 1 aromatic rings. The molecule has 0 fully saturated rings. The molecule has 0 aliphatic rings. The molecule has 13 heavy (non-hydrogen) atoms. The van der Waals surface area contributed by atoms with Gasteiger partial charge in [0.15, 0.2) is 0 Å². The van der Waals surface area contributed by atoms with Crippen molar-refractivity contribution in [2.24, 2.45) is 0 Å². The lowest BCUT2D eigenvalue weighted by molar-refractivity contribution is -0.131. The molecule has 0 aromatic heterocycles. The molecule has 1 N–H and O–H groups in total. The summed E-state index contributed by atoms with van der Waals surface area (Å²) in [5, 5.41) is 10.2. The SMILES string of the molecule is O=C(O)/C(I)=C\Sc1ccccc1. The Kier molecular flexibility index (Phi) is 4.31. The largest absolute Gasteiger partial charge is 0.477 e. The van der Waals surface area contributed by atoms with Crippen LogP contribution in [-0.2, 0) is 4.79 Å². The average Bonchev–Trinajstić information content (AvgIpc) is 2.15. The number of halogens is 1. The Bertz CT molecular complexity index is 322. The molecule has 0 heterocycles. The van der Waals surface area contributed by atoms with E-state index in [1.54, 1.807) is 28.0 Å². The highest BCUT2D eigenvalue weighted by Gasteiger charge is 2.00. The first kappa shape index (κ1) is 10.6. The summed E-state index contributed by atoms with van der Waals surface area (Å²) < 4.78 is 0.325. The molecule has 0 aliphatic heterocycles. The lowest BCUT2D eigenvalue weighted by atomic mass is 10.4. The van der Waals surface area contributed by atoms with Crippen LogP contribution in [0.1, 0.15) is 0 Å². The van der Waals surface area contributed by atoms with E-state index in [4.69, 9.17) is 5.11 Å². The third-order valence-electron chi connectivity index (χ3n) is 1.25. The van der Waals surface area contributed by atoms with Crippen LogP contribution in [0.15, 0.2) is 44.2 Å². The van der Waals surface area contributed by atoms with Crippen molar-refractivity contribution in [3.05, 3.63) is 39.3 Å². The second-order valence-corrected chi connectivity index (χ2v) is 4.31. The zero-order chi connectivity index (χ0) is 9.68. The van der Waals surface area contributed by atoms with Crippen LogP contribution >= 0.6 is 34.4 Å². The zero-order valence-electron chi connectivity index (χ0n) is 6.61. The Balaban J connectivity index is 2.62. The smallest absolute Gasteiger partial charge is 0.342 e. The predicted octanol–water partition coefficient (Wildman–Crippen LogP) is 3.14. The van der Waals surface area contributed by atoms with E-state index in [0.717, 1.165) is 4.90 Å². The maximum Gasteiger partial charge on any atom is 0.342 e. The highest BCUT2D eigenvalue weighted by molar-refractivity contribution is 14.1. The van der Waals surface area contributed by atoms with E-state index < -0.39 is 5.97 Å². The maximum absolute atomic E-state index is 10.4. The van der Waals surface area contributed by atoms with Gasteiger partial charge in [0, 0.05) is 4.90 Å². The van der Waals surface area contributed by atoms with E-state index >= 15 is 0 Å². The van der Waals surface area contributed by atoms with E-state index in [0.29, 0.717) is 3.58 Å². The molecule has 68 valence electrons. The third-order valence-corrected chi connectivity index (χ3v) is 3.34. The number of carboxylic acid groups (broad SMARTS) is 1. The first-order valence-corrected chi connectivity index (χ1v) is 5.46. The minimum Gasteiger partial charge on any atom is -0.477 e. The summed E-state index contributed by atoms with van der Waals surface area (Å²) in [5.41, 5.74) is 0. The summed E-state index contributed by atoms with van der Waals surface area (Å²) in [6, 6.07) is 9.64. The van der Waals surface area contributed by atoms with Crippen LogP contribution in [0.4, 0.5) is 0 Å². The van der Waals surface area contributed by atoms with Gasteiger partial charge in [0.25, 0.3) is 0 Å². The van der Waals surface area contributed by atoms with Gasteiger partial charge in [-0.3, -0.25) is 0 Å². The van der Waals surface area contributed by atoms with E-state index in [-0.39, 0.29) is 0 Å². The second kappa shape index (κ2) is 5.29. The summed E-state index contributed by atoms with van der Waals surface area (Å²) in [7, 11) is 0. The van der Waals surface area contributed by atoms with Gasteiger partial charge in [-0.2, -0.15) is 0 Å². The number of hydrogen-bond donors (Lipinski definition) is 1. The van der Waals surface area contributed by atoms with Crippen molar-refractivity contribution in [1.82, 2.24) is 0 Å². The van der Waals surface area contributed by atoms with Crippen molar-refractivity contribution >= 4 is 40.3 Å². The molecule has 1 aromatic carbocycles. The van der Waals surface area contributed by atoms with Crippen molar-refractivity contribution in [2.75, 3.05) is 0 Å². The molecule has 0 atom stereocenters. The first-order valence-electron chi connectivity index (χ1n) is 3.51. The molecule has 1 rings (SSSR count). The van der Waals surface area contributed by atoms with Gasteiger partial charge in [0.05, 0.1) is 0 Å². The number of aliphatic carboxylic acids is 1. The molecule has 0 unspecified atom stereocenters. The fraction of sp³-hybridized carbons (Fsp3) is 0. The van der Waals surface area contributed by atoms with Gasteiger partial charge in [-0.1, -0.05) is 30.0 Å². The lowest BCUT2D eigenvalue weighted by Crippen LogP contribution is -1.91. The van der Waals surface area contributed by atoms with Crippen molar-refractivity contribution in [1.29, 1.82) is 0 Å². The van der Waals surface area contributed by atoms with Gasteiger partial charge in [-0.15, -0.1) is 0 Å². The van der Waals surface area contributed by atoms with Crippen LogP contribution in [-0.4, -0.2) is 11.1 Å². The summed E-state index contributed by atoms with van der Waals surface area (Å²) >= 11 is 3.21. The predicted molar refractivity (Wildman–Crippen MR) is 62.0 cm³/mol. The molecule has 0 spiro atoms. The number of rotatable bonds is 3. The van der Waals surface area contributed by atoms with Crippen LogP contribution in [0.2, 0.25) is 0 Å². The van der Waals surface area contributed by atoms with Crippen molar-refractivity contribution in [3.63, 3.8) is 0 Å². The number of carboxylic acids is 1. The Morgan fingerprint density at radius 3 is 2.54 bits per heavy atom. The van der Waals surface area contributed by atoms with Crippen LogP contribution in [0.25, 0.3) is 0 Å². The Labute approximate surface area is 94.2 Å². The van der Waals surface area contributed by atoms with E-state index in [2.05, 4.69) is 0 Å².